The van der Waals surface area contributed by atoms with Crippen LogP contribution in [0.15, 0.2) is 91.0 Å². The topological polar surface area (TPSA) is 61.4 Å². The maximum absolute atomic E-state index is 13.0. The maximum atomic E-state index is 13.0. The molecule has 1 N–H and O–H groups in total. The van der Waals surface area contributed by atoms with E-state index in [2.05, 4.69) is 63.7 Å². The number of nitrogens with zero attached hydrogens (tertiary/aromatic N) is 4. The summed E-state index contributed by atoms with van der Waals surface area (Å²) < 4.78 is 0. The summed E-state index contributed by atoms with van der Waals surface area (Å²) in [7, 11) is 0. The van der Waals surface area contributed by atoms with Crippen LogP contribution in [0.2, 0.25) is 0 Å². The Bertz CT molecular complexity index is 1250. The van der Waals surface area contributed by atoms with Crippen molar-refractivity contribution in [3.8, 4) is 11.3 Å². The first kappa shape index (κ1) is 22.7. The van der Waals surface area contributed by atoms with Crippen molar-refractivity contribution < 1.29 is 4.79 Å². The van der Waals surface area contributed by atoms with Crippen LogP contribution in [0.1, 0.15) is 21.5 Å². The van der Waals surface area contributed by atoms with Crippen molar-refractivity contribution in [2.45, 2.75) is 13.5 Å². The minimum Gasteiger partial charge on any atom is -0.339 e. The molecule has 1 aliphatic rings. The lowest BCUT2D eigenvalue weighted by molar-refractivity contribution is 0.0628. The van der Waals surface area contributed by atoms with Crippen molar-refractivity contribution in [3.63, 3.8) is 0 Å². The normalized spacial score (nSPS) is 14.0. The number of hydrogen-bond acceptors (Lipinski definition) is 5. The first-order chi connectivity index (χ1) is 17.1. The molecule has 1 amide bonds. The number of benzene rings is 3. The van der Waals surface area contributed by atoms with Gasteiger partial charge in [0.1, 0.15) is 0 Å². The Morgan fingerprint density at radius 3 is 2.17 bits per heavy atom. The number of anilines is 2. The van der Waals surface area contributed by atoms with E-state index in [9.17, 15) is 4.79 Å². The highest BCUT2D eigenvalue weighted by Gasteiger charge is 2.22. The molecule has 0 unspecified atom stereocenters. The van der Waals surface area contributed by atoms with Gasteiger partial charge in [0.2, 0.25) is 0 Å². The fraction of sp³-hybridized carbons (Fsp3) is 0.207. The van der Waals surface area contributed by atoms with Gasteiger partial charge in [-0.1, -0.05) is 60.2 Å². The highest BCUT2D eigenvalue weighted by atomic mass is 16.2. The van der Waals surface area contributed by atoms with Gasteiger partial charge in [0.15, 0.2) is 5.82 Å². The van der Waals surface area contributed by atoms with E-state index in [-0.39, 0.29) is 5.91 Å². The van der Waals surface area contributed by atoms with Crippen LogP contribution in [0.4, 0.5) is 11.5 Å². The minimum atomic E-state index is 0.0816. The monoisotopic (exact) mass is 463 g/mol. The number of piperazine rings is 1. The van der Waals surface area contributed by atoms with Crippen molar-refractivity contribution in [2.24, 2.45) is 0 Å². The molecule has 176 valence electrons. The Kier molecular flexibility index (Phi) is 6.82. The number of nitrogens with one attached hydrogen (secondary N) is 1. The third kappa shape index (κ3) is 5.73. The first-order valence-electron chi connectivity index (χ1n) is 12.0. The number of carbonyl (C=O) groups is 1. The maximum Gasteiger partial charge on any atom is 0.253 e. The van der Waals surface area contributed by atoms with Crippen LogP contribution in [0.25, 0.3) is 11.3 Å². The Morgan fingerprint density at radius 1 is 0.800 bits per heavy atom. The summed E-state index contributed by atoms with van der Waals surface area (Å²) in [5.74, 6) is 0.743. The standard InChI is InChI=1S/C29H29N5O/c1-22-7-9-24(10-8-22)27-15-16-28(32-31-27)30-26-13-11-25(12-14-26)29(35)34-19-17-33(18-20-34)21-23-5-3-2-4-6-23/h2-16H,17-21H2,1H3,(H,30,32). The van der Waals surface area contributed by atoms with Crippen LogP contribution in [-0.2, 0) is 6.54 Å². The molecule has 1 aromatic heterocycles. The molecule has 1 aliphatic heterocycles. The molecule has 0 spiro atoms. The lowest BCUT2D eigenvalue weighted by Gasteiger charge is -2.34. The highest BCUT2D eigenvalue weighted by Crippen LogP contribution is 2.20. The van der Waals surface area contributed by atoms with E-state index in [1.165, 1.54) is 11.1 Å². The molecular formula is C29H29N5O. The fourth-order valence-corrected chi connectivity index (χ4v) is 4.25. The van der Waals surface area contributed by atoms with Crippen LogP contribution in [0.3, 0.4) is 0 Å². The molecule has 0 saturated carbocycles. The lowest BCUT2D eigenvalue weighted by Crippen LogP contribution is -2.48. The average molecular weight is 464 g/mol. The average Bonchev–Trinajstić information content (AvgIpc) is 2.91. The van der Waals surface area contributed by atoms with Crippen LogP contribution in [-0.4, -0.2) is 52.1 Å². The number of aromatic nitrogens is 2. The zero-order chi connectivity index (χ0) is 24.0. The van der Waals surface area contributed by atoms with E-state index in [0.29, 0.717) is 11.4 Å². The van der Waals surface area contributed by atoms with E-state index in [1.807, 2.05) is 59.5 Å². The van der Waals surface area contributed by atoms with Gasteiger partial charge in [0.05, 0.1) is 5.69 Å². The summed E-state index contributed by atoms with van der Waals surface area (Å²) in [5.41, 5.74) is 5.97. The van der Waals surface area contributed by atoms with Gasteiger partial charge in [0, 0.05) is 49.5 Å². The summed E-state index contributed by atoms with van der Waals surface area (Å²) in [6.07, 6.45) is 0. The number of carbonyl (C=O) groups excluding carboxylic acids is 1. The molecule has 3 aromatic carbocycles. The van der Waals surface area contributed by atoms with E-state index < -0.39 is 0 Å². The zero-order valence-corrected chi connectivity index (χ0v) is 19.9. The predicted molar refractivity (Wildman–Crippen MR) is 140 cm³/mol. The third-order valence-electron chi connectivity index (χ3n) is 6.32. The number of amides is 1. The second-order valence-electron chi connectivity index (χ2n) is 8.93. The second kappa shape index (κ2) is 10.5. The van der Waals surface area contributed by atoms with Gasteiger partial charge >= 0.3 is 0 Å². The SMILES string of the molecule is Cc1ccc(-c2ccc(Nc3ccc(C(=O)N4CCN(Cc5ccccc5)CC4)cc3)nn2)cc1. The van der Waals surface area contributed by atoms with Crippen LogP contribution >= 0.6 is 0 Å². The summed E-state index contributed by atoms with van der Waals surface area (Å²) >= 11 is 0. The highest BCUT2D eigenvalue weighted by molar-refractivity contribution is 5.94. The van der Waals surface area contributed by atoms with E-state index in [0.717, 1.165) is 49.7 Å². The Balaban J connectivity index is 1.15. The molecule has 6 nitrogen and oxygen atoms in total. The molecule has 0 bridgehead atoms. The predicted octanol–water partition coefficient (Wildman–Crippen LogP) is 5.15. The van der Waals surface area contributed by atoms with Gasteiger partial charge in [-0.25, -0.2) is 0 Å². The van der Waals surface area contributed by atoms with Gasteiger partial charge in [-0.15, -0.1) is 10.2 Å². The fourth-order valence-electron chi connectivity index (χ4n) is 4.25. The van der Waals surface area contributed by atoms with E-state index in [1.54, 1.807) is 0 Å². The number of rotatable bonds is 6. The Morgan fingerprint density at radius 2 is 1.51 bits per heavy atom. The van der Waals surface area contributed by atoms with Crippen molar-refractivity contribution in [1.29, 1.82) is 0 Å². The summed E-state index contributed by atoms with van der Waals surface area (Å²) in [6.45, 7) is 6.25. The molecule has 5 rings (SSSR count). The van der Waals surface area contributed by atoms with Crippen molar-refractivity contribution in [1.82, 2.24) is 20.0 Å². The molecule has 35 heavy (non-hydrogen) atoms. The second-order valence-corrected chi connectivity index (χ2v) is 8.93. The minimum absolute atomic E-state index is 0.0816. The molecule has 2 heterocycles. The molecule has 4 aromatic rings. The molecule has 6 heteroatoms. The smallest absolute Gasteiger partial charge is 0.253 e. The Hall–Kier alpha value is -4.03. The molecular weight excluding hydrogens is 434 g/mol. The number of aryl methyl sites for hydroxylation is 1. The van der Waals surface area contributed by atoms with Crippen LogP contribution in [0, 0.1) is 6.92 Å². The summed E-state index contributed by atoms with van der Waals surface area (Å²) in [4.78, 5) is 17.3. The molecule has 1 fully saturated rings. The Labute approximate surface area is 206 Å². The first-order valence-corrected chi connectivity index (χ1v) is 12.0. The number of hydrogen-bond donors (Lipinski definition) is 1. The van der Waals surface area contributed by atoms with Crippen LogP contribution in [0.5, 0.6) is 0 Å². The molecule has 0 aliphatic carbocycles. The largest absolute Gasteiger partial charge is 0.339 e. The molecule has 0 radical (unpaired) electrons. The van der Waals surface area contributed by atoms with Crippen molar-refractivity contribution >= 4 is 17.4 Å². The molecule has 0 atom stereocenters. The van der Waals surface area contributed by atoms with Crippen molar-refractivity contribution in [3.05, 3.63) is 108 Å². The van der Waals surface area contributed by atoms with Crippen molar-refractivity contribution in [2.75, 3.05) is 31.5 Å². The zero-order valence-electron chi connectivity index (χ0n) is 19.9. The molecule has 1 saturated heterocycles. The lowest BCUT2D eigenvalue weighted by atomic mass is 10.1. The summed E-state index contributed by atoms with van der Waals surface area (Å²) in [5, 5.41) is 11.9. The third-order valence-corrected chi connectivity index (χ3v) is 6.32. The van der Waals surface area contributed by atoms with Gasteiger partial charge in [-0.05, 0) is 48.9 Å². The van der Waals surface area contributed by atoms with Gasteiger partial charge < -0.3 is 10.2 Å². The summed E-state index contributed by atoms with van der Waals surface area (Å²) in [6, 6.07) is 30.1. The van der Waals surface area contributed by atoms with Gasteiger partial charge in [0.25, 0.3) is 5.91 Å². The van der Waals surface area contributed by atoms with Gasteiger partial charge in [-0.2, -0.15) is 0 Å². The van der Waals surface area contributed by atoms with E-state index >= 15 is 0 Å². The van der Waals surface area contributed by atoms with E-state index in [4.69, 9.17) is 0 Å². The van der Waals surface area contributed by atoms with Crippen LogP contribution < -0.4 is 5.32 Å². The van der Waals surface area contributed by atoms with Gasteiger partial charge in [-0.3, -0.25) is 9.69 Å². The quantitative estimate of drug-likeness (QED) is 0.428.